The van der Waals surface area contributed by atoms with E-state index in [0.29, 0.717) is 34.9 Å². The van der Waals surface area contributed by atoms with Crippen LogP contribution < -0.4 is 5.32 Å². The van der Waals surface area contributed by atoms with Gasteiger partial charge < -0.3 is 5.32 Å². The summed E-state index contributed by atoms with van der Waals surface area (Å²) in [4.78, 5) is 12.8. The number of amides is 1. The van der Waals surface area contributed by atoms with Gasteiger partial charge in [0, 0.05) is 18.9 Å². The molecule has 2 bridgehead atoms. The SMILES string of the molecule is C=Cc1nn(C)cc1C(=O)Nc1cccc2c1[C@@H]1CCC2C1C(C)C. The van der Waals surface area contributed by atoms with Crippen LogP contribution in [-0.4, -0.2) is 15.7 Å². The van der Waals surface area contributed by atoms with E-state index in [2.05, 4.69) is 43.0 Å². The summed E-state index contributed by atoms with van der Waals surface area (Å²) in [5.74, 6) is 2.48. The molecule has 2 unspecified atom stereocenters. The number of aromatic nitrogens is 2. The third kappa shape index (κ3) is 2.43. The summed E-state index contributed by atoms with van der Waals surface area (Å²) in [6.07, 6.45) is 5.89. The summed E-state index contributed by atoms with van der Waals surface area (Å²) >= 11 is 0. The second-order valence-electron chi connectivity index (χ2n) is 7.68. The van der Waals surface area contributed by atoms with Gasteiger partial charge in [-0.15, -0.1) is 0 Å². The Labute approximate surface area is 148 Å². The van der Waals surface area contributed by atoms with Gasteiger partial charge in [-0.05, 0) is 59.8 Å². The summed E-state index contributed by atoms with van der Waals surface area (Å²) in [6.45, 7) is 8.41. The third-order valence-corrected chi connectivity index (χ3v) is 5.94. The van der Waals surface area contributed by atoms with E-state index in [1.807, 2.05) is 13.1 Å². The molecule has 0 radical (unpaired) electrons. The zero-order chi connectivity index (χ0) is 17.7. The Morgan fingerprint density at radius 2 is 2.12 bits per heavy atom. The lowest BCUT2D eigenvalue weighted by Gasteiger charge is -2.21. The van der Waals surface area contributed by atoms with Crippen LogP contribution in [0.25, 0.3) is 6.08 Å². The number of fused-ring (bicyclic) bond motifs is 5. The minimum absolute atomic E-state index is 0.111. The molecule has 0 spiro atoms. The Kier molecular flexibility index (Phi) is 3.78. The Balaban J connectivity index is 1.68. The normalized spacial score (nSPS) is 23.8. The van der Waals surface area contributed by atoms with Gasteiger partial charge in [-0.1, -0.05) is 32.6 Å². The van der Waals surface area contributed by atoms with E-state index in [-0.39, 0.29) is 5.91 Å². The van der Waals surface area contributed by atoms with Gasteiger partial charge in [0.15, 0.2) is 0 Å². The van der Waals surface area contributed by atoms with E-state index < -0.39 is 0 Å². The largest absolute Gasteiger partial charge is 0.322 e. The van der Waals surface area contributed by atoms with Crippen molar-refractivity contribution in [3.8, 4) is 0 Å². The highest BCUT2D eigenvalue weighted by Crippen LogP contribution is 2.61. The van der Waals surface area contributed by atoms with Gasteiger partial charge in [0.05, 0.1) is 11.3 Å². The number of nitrogens with zero attached hydrogens (tertiary/aromatic N) is 2. The number of nitrogens with one attached hydrogen (secondary N) is 1. The predicted molar refractivity (Wildman–Crippen MR) is 101 cm³/mol. The maximum Gasteiger partial charge on any atom is 0.259 e. The lowest BCUT2D eigenvalue weighted by atomic mass is 9.85. The van der Waals surface area contributed by atoms with Crippen LogP contribution in [0.2, 0.25) is 0 Å². The maximum atomic E-state index is 12.8. The van der Waals surface area contributed by atoms with E-state index in [1.54, 1.807) is 17.0 Å². The summed E-state index contributed by atoms with van der Waals surface area (Å²) in [5.41, 5.74) is 4.98. The van der Waals surface area contributed by atoms with Crippen LogP contribution in [-0.2, 0) is 7.05 Å². The fraction of sp³-hybridized carbons (Fsp3) is 0.429. The first-order chi connectivity index (χ1) is 12.0. The lowest BCUT2D eigenvalue weighted by molar-refractivity contribution is 0.102. The van der Waals surface area contributed by atoms with E-state index >= 15 is 0 Å². The molecule has 2 aliphatic rings. The molecule has 3 atom stereocenters. The van der Waals surface area contributed by atoms with Crippen LogP contribution in [0.5, 0.6) is 0 Å². The van der Waals surface area contributed by atoms with Crippen molar-refractivity contribution in [1.82, 2.24) is 9.78 Å². The van der Waals surface area contributed by atoms with Crippen LogP contribution in [0.4, 0.5) is 5.69 Å². The monoisotopic (exact) mass is 335 g/mol. The molecule has 1 aromatic heterocycles. The van der Waals surface area contributed by atoms with Gasteiger partial charge in [-0.2, -0.15) is 5.10 Å². The molecule has 1 fully saturated rings. The van der Waals surface area contributed by atoms with Crippen molar-refractivity contribution in [2.24, 2.45) is 18.9 Å². The van der Waals surface area contributed by atoms with Crippen LogP contribution in [0.15, 0.2) is 31.0 Å². The molecule has 2 aliphatic carbocycles. The molecule has 130 valence electrons. The number of aryl methyl sites for hydroxylation is 1. The predicted octanol–water partition coefficient (Wildman–Crippen LogP) is 4.56. The second kappa shape index (κ2) is 5.87. The second-order valence-corrected chi connectivity index (χ2v) is 7.68. The third-order valence-electron chi connectivity index (χ3n) is 5.94. The first kappa shape index (κ1) is 16.1. The minimum Gasteiger partial charge on any atom is -0.322 e. The Bertz CT molecular complexity index is 849. The molecule has 1 N–H and O–H groups in total. The fourth-order valence-corrected chi connectivity index (χ4v) is 5.10. The quantitative estimate of drug-likeness (QED) is 0.890. The molecule has 1 saturated carbocycles. The average molecular weight is 335 g/mol. The highest BCUT2D eigenvalue weighted by Gasteiger charge is 2.47. The molecule has 4 rings (SSSR count). The topological polar surface area (TPSA) is 46.9 Å². The molecule has 1 amide bonds. The number of carbonyl (C=O) groups is 1. The molecule has 2 aromatic rings. The Hall–Kier alpha value is -2.36. The Morgan fingerprint density at radius 3 is 2.84 bits per heavy atom. The number of benzene rings is 1. The van der Waals surface area contributed by atoms with Gasteiger partial charge in [0.2, 0.25) is 0 Å². The molecule has 25 heavy (non-hydrogen) atoms. The summed E-state index contributed by atoms with van der Waals surface area (Å²) in [7, 11) is 1.82. The first-order valence-corrected chi connectivity index (χ1v) is 9.11. The highest BCUT2D eigenvalue weighted by atomic mass is 16.1. The zero-order valence-corrected chi connectivity index (χ0v) is 15.1. The first-order valence-electron chi connectivity index (χ1n) is 9.11. The number of rotatable bonds is 4. The summed E-state index contributed by atoms with van der Waals surface area (Å²) in [6, 6.07) is 6.37. The molecule has 4 nitrogen and oxygen atoms in total. The van der Waals surface area contributed by atoms with Crippen molar-refractivity contribution in [3.63, 3.8) is 0 Å². The standard InChI is InChI=1S/C21H25N3O/c1-5-17-16(11-24(4)23-17)21(25)22-18-8-6-7-13-14-9-10-15(20(13)18)19(14)12(2)3/h5-8,11-12,14-15,19H,1,9-10H2,2-4H3,(H,22,25)/t14?,15-,19?/m1/s1. The van der Waals surface area contributed by atoms with Crippen molar-refractivity contribution < 1.29 is 4.79 Å². The van der Waals surface area contributed by atoms with Crippen molar-refractivity contribution in [3.05, 3.63) is 53.4 Å². The molecule has 0 saturated heterocycles. The average Bonchev–Trinajstić information content (AvgIpc) is 3.26. The van der Waals surface area contributed by atoms with Crippen molar-refractivity contribution >= 4 is 17.7 Å². The Morgan fingerprint density at radius 1 is 1.36 bits per heavy atom. The van der Waals surface area contributed by atoms with E-state index in [0.717, 1.165) is 5.69 Å². The molecule has 0 aliphatic heterocycles. The van der Waals surface area contributed by atoms with E-state index in [4.69, 9.17) is 0 Å². The maximum absolute atomic E-state index is 12.8. The highest BCUT2D eigenvalue weighted by molar-refractivity contribution is 6.06. The summed E-state index contributed by atoms with van der Waals surface area (Å²) < 4.78 is 1.65. The lowest BCUT2D eigenvalue weighted by Crippen LogP contribution is -2.15. The van der Waals surface area contributed by atoms with Crippen LogP contribution in [0, 0.1) is 11.8 Å². The number of hydrogen-bond acceptors (Lipinski definition) is 2. The molecular weight excluding hydrogens is 310 g/mol. The van der Waals surface area contributed by atoms with Gasteiger partial charge in [-0.25, -0.2) is 0 Å². The van der Waals surface area contributed by atoms with Crippen molar-refractivity contribution in [2.75, 3.05) is 5.32 Å². The van der Waals surface area contributed by atoms with Gasteiger partial charge in [0.1, 0.15) is 0 Å². The van der Waals surface area contributed by atoms with Crippen molar-refractivity contribution in [2.45, 2.75) is 38.5 Å². The van der Waals surface area contributed by atoms with Crippen molar-refractivity contribution in [1.29, 1.82) is 0 Å². The molecule has 1 heterocycles. The number of anilines is 1. The molecule has 4 heteroatoms. The molecule has 1 aromatic carbocycles. The van der Waals surface area contributed by atoms with Crippen LogP contribution in [0.3, 0.4) is 0 Å². The summed E-state index contributed by atoms with van der Waals surface area (Å²) in [5, 5.41) is 7.43. The van der Waals surface area contributed by atoms with Crippen LogP contribution >= 0.6 is 0 Å². The smallest absolute Gasteiger partial charge is 0.259 e. The van der Waals surface area contributed by atoms with E-state index in [9.17, 15) is 4.79 Å². The minimum atomic E-state index is -0.111. The van der Waals surface area contributed by atoms with Gasteiger partial charge in [-0.3, -0.25) is 9.48 Å². The fourth-order valence-electron chi connectivity index (χ4n) is 5.10. The van der Waals surface area contributed by atoms with E-state index in [1.165, 1.54) is 24.0 Å². The van der Waals surface area contributed by atoms with Crippen LogP contribution in [0.1, 0.15) is 65.7 Å². The van der Waals surface area contributed by atoms with Gasteiger partial charge in [0.25, 0.3) is 5.91 Å². The zero-order valence-electron chi connectivity index (χ0n) is 15.1. The van der Waals surface area contributed by atoms with Gasteiger partial charge >= 0.3 is 0 Å². The number of hydrogen-bond donors (Lipinski definition) is 1. The number of carbonyl (C=O) groups excluding carboxylic acids is 1. The molecular formula is C21H25N3O.